The highest BCUT2D eigenvalue weighted by Gasteiger charge is 2.14. The van der Waals surface area contributed by atoms with Crippen LogP contribution in [0.4, 0.5) is 5.69 Å². The number of nitrogens with two attached hydrogens (primary N) is 1. The van der Waals surface area contributed by atoms with E-state index in [4.69, 9.17) is 5.73 Å². The Balaban J connectivity index is 0.00000361. The Morgan fingerprint density at radius 2 is 1.75 bits per heavy atom. The van der Waals surface area contributed by atoms with Gasteiger partial charge < -0.3 is 11.1 Å². The van der Waals surface area contributed by atoms with Gasteiger partial charge in [0.2, 0.25) is 5.91 Å². The molecule has 0 saturated carbocycles. The Hall–Kier alpha value is -1.74. The predicted molar refractivity (Wildman–Crippen MR) is 87.9 cm³/mol. The smallest absolute Gasteiger partial charge is 0.223 e. The van der Waals surface area contributed by atoms with Crippen LogP contribution in [0.15, 0.2) is 49.6 Å². The largest absolute Gasteiger partial charge is 0.399 e. The van der Waals surface area contributed by atoms with Gasteiger partial charge in [-0.3, -0.25) is 4.79 Å². The van der Waals surface area contributed by atoms with Crippen LogP contribution in [0.25, 0.3) is 0 Å². The monoisotopic (exact) mass is 294 g/mol. The molecule has 4 heteroatoms. The second-order valence-corrected chi connectivity index (χ2v) is 4.53. The van der Waals surface area contributed by atoms with Crippen LogP contribution in [0.5, 0.6) is 0 Å². The SMILES string of the molecule is C=CCC(CC=C)C(=O)NCCc1ccc(N)cc1.Cl. The number of benzene rings is 1. The van der Waals surface area contributed by atoms with Crippen LogP contribution in [0.3, 0.4) is 0 Å². The molecule has 1 aromatic rings. The molecule has 0 spiro atoms. The molecule has 0 aliphatic heterocycles. The molecule has 0 aromatic heterocycles. The molecule has 0 radical (unpaired) electrons. The first-order chi connectivity index (χ1) is 9.17. The van der Waals surface area contributed by atoms with Gasteiger partial charge in [0.05, 0.1) is 0 Å². The highest BCUT2D eigenvalue weighted by Crippen LogP contribution is 2.10. The molecule has 20 heavy (non-hydrogen) atoms. The van der Waals surface area contributed by atoms with Gasteiger partial charge in [0.25, 0.3) is 0 Å². The van der Waals surface area contributed by atoms with E-state index in [9.17, 15) is 4.79 Å². The van der Waals surface area contributed by atoms with Crippen molar-refractivity contribution in [2.45, 2.75) is 19.3 Å². The lowest BCUT2D eigenvalue weighted by molar-refractivity contribution is -0.124. The van der Waals surface area contributed by atoms with Crippen molar-refractivity contribution in [3.63, 3.8) is 0 Å². The number of hydrogen-bond acceptors (Lipinski definition) is 2. The third-order valence-electron chi connectivity index (χ3n) is 2.97. The van der Waals surface area contributed by atoms with E-state index < -0.39 is 0 Å². The van der Waals surface area contributed by atoms with Crippen molar-refractivity contribution < 1.29 is 4.79 Å². The van der Waals surface area contributed by atoms with Gasteiger partial charge in [-0.05, 0) is 37.0 Å². The number of hydrogen-bond donors (Lipinski definition) is 2. The fourth-order valence-electron chi connectivity index (χ4n) is 1.87. The topological polar surface area (TPSA) is 55.1 Å². The molecule has 3 N–H and O–H groups in total. The Labute approximate surface area is 127 Å². The van der Waals surface area contributed by atoms with Crippen molar-refractivity contribution in [1.29, 1.82) is 0 Å². The molecule has 1 rings (SSSR count). The number of allylic oxidation sites excluding steroid dienone is 2. The van der Waals surface area contributed by atoms with Gasteiger partial charge in [-0.1, -0.05) is 24.3 Å². The van der Waals surface area contributed by atoms with Gasteiger partial charge >= 0.3 is 0 Å². The maximum absolute atomic E-state index is 11.9. The highest BCUT2D eigenvalue weighted by atomic mass is 35.5. The standard InChI is InChI=1S/C16H22N2O.ClH/c1-3-5-14(6-4-2)16(19)18-12-11-13-7-9-15(17)10-8-13;/h3-4,7-10,14H,1-2,5-6,11-12,17H2,(H,18,19);1H. The van der Waals surface area contributed by atoms with E-state index in [0.717, 1.165) is 12.1 Å². The van der Waals surface area contributed by atoms with Crippen molar-refractivity contribution in [3.8, 4) is 0 Å². The van der Waals surface area contributed by atoms with Crippen LogP contribution in [-0.4, -0.2) is 12.5 Å². The Morgan fingerprint density at radius 3 is 2.25 bits per heavy atom. The highest BCUT2D eigenvalue weighted by molar-refractivity contribution is 5.85. The summed E-state index contributed by atoms with van der Waals surface area (Å²) in [4.78, 5) is 11.9. The third-order valence-corrected chi connectivity index (χ3v) is 2.97. The van der Waals surface area contributed by atoms with Crippen molar-refractivity contribution in [3.05, 3.63) is 55.1 Å². The number of rotatable bonds is 8. The van der Waals surface area contributed by atoms with E-state index in [0.29, 0.717) is 19.4 Å². The van der Waals surface area contributed by atoms with E-state index in [1.807, 2.05) is 24.3 Å². The van der Waals surface area contributed by atoms with Crippen LogP contribution in [-0.2, 0) is 11.2 Å². The van der Waals surface area contributed by atoms with Crippen molar-refractivity contribution in [1.82, 2.24) is 5.32 Å². The molecule has 0 bridgehead atoms. The van der Waals surface area contributed by atoms with Crippen LogP contribution in [0, 0.1) is 5.92 Å². The average molecular weight is 295 g/mol. The van der Waals surface area contributed by atoms with Gasteiger partial charge in [0.1, 0.15) is 0 Å². The van der Waals surface area contributed by atoms with Gasteiger partial charge in [-0.15, -0.1) is 25.6 Å². The molecular formula is C16H23ClN2O. The molecule has 1 aromatic carbocycles. The summed E-state index contributed by atoms with van der Waals surface area (Å²) in [6.45, 7) is 7.98. The van der Waals surface area contributed by atoms with Crippen molar-refractivity contribution in [2.24, 2.45) is 5.92 Å². The van der Waals surface area contributed by atoms with Crippen LogP contribution < -0.4 is 11.1 Å². The second kappa shape index (κ2) is 10.1. The minimum Gasteiger partial charge on any atom is -0.399 e. The lowest BCUT2D eigenvalue weighted by atomic mass is 10.0. The molecule has 0 unspecified atom stereocenters. The first kappa shape index (κ1) is 18.3. The zero-order valence-electron chi connectivity index (χ0n) is 11.7. The summed E-state index contributed by atoms with van der Waals surface area (Å²) >= 11 is 0. The minimum atomic E-state index is -0.0542. The summed E-state index contributed by atoms with van der Waals surface area (Å²) in [6.07, 6.45) is 5.71. The van der Waals surface area contributed by atoms with Crippen LogP contribution in [0.1, 0.15) is 18.4 Å². The lowest BCUT2D eigenvalue weighted by Gasteiger charge is -2.13. The summed E-state index contributed by atoms with van der Waals surface area (Å²) in [5, 5.41) is 2.95. The summed E-state index contributed by atoms with van der Waals surface area (Å²) in [6, 6.07) is 7.70. The molecule has 110 valence electrons. The molecule has 0 aliphatic carbocycles. The normalized spacial score (nSPS) is 9.65. The zero-order valence-corrected chi connectivity index (χ0v) is 12.5. The Kier molecular flexibility index (Phi) is 9.22. The van der Waals surface area contributed by atoms with Gasteiger partial charge in [0, 0.05) is 18.2 Å². The van der Waals surface area contributed by atoms with Crippen molar-refractivity contribution in [2.75, 3.05) is 12.3 Å². The first-order valence-electron chi connectivity index (χ1n) is 6.51. The molecular weight excluding hydrogens is 272 g/mol. The minimum absolute atomic E-state index is 0. The summed E-state index contributed by atoms with van der Waals surface area (Å²) in [5.41, 5.74) is 7.54. The van der Waals surface area contributed by atoms with E-state index in [2.05, 4.69) is 18.5 Å². The third kappa shape index (κ3) is 6.43. The average Bonchev–Trinajstić information content (AvgIpc) is 2.40. The number of nitrogens with one attached hydrogen (secondary N) is 1. The zero-order chi connectivity index (χ0) is 14.1. The maximum Gasteiger partial charge on any atom is 0.223 e. The predicted octanol–water partition coefficient (Wildman–Crippen LogP) is 3.12. The number of amides is 1. The van der Waals surface area contributed by atoms with E-state index in [1.54, 1.807) is 12.2 Å². The summed E-state index contributed by atoms with van der Waals surface area (Å²) < 4.78 is 0. The summed E-state index contributed by atoms with van der Waals surface area (Å²) in [5.74, 6) is 0.0108. The molecule has 0 saturated heterocycles. The maximum atomic E-state index is 11.9. The first-order valence-corrected chi connectivity index (χ1v) is 6.51. The van der Waals surface area contributed by atoms with Gasteiger partial charge in [-0.25, -0.2) is 0 Å². The number of carbonyl (C=O) groups excluding carboxylic acids is 1. The molecule has 1 amide bonds. The van der Waals surface area contributed by atoms with Gasteiger partial charge in [-0.2, -0.15) is 0 Å². The number of halogens is 1. The van der Waals surface area contributed by atoms with E-state index >= 15 is 0 Å². The van der Waals surface area contributed by atoms with Gasteiger partial charge in [0.15, 0.2) is 0 Å². The molecule has 0 heterocycles. The number of anilines is 1. The fourth-order valence-corrected chi connectivity index (χ4v) is 1.87. The molecule has 0 atom stereocenters. The molecule has 3 nitrogen and oxygen atoms in total. The summed E-state index contributed by atoms with van der Waals surface area (Å²) in [7, 11) is 0. The second-order valence-electron chi connectivity index (χ2n) is 4.53. The van der Waals surface area contributed by atoms with E-state index in [1.165, 1.54) is 5.56 Å². The van der Waals surface area contributed by atoms with Crippen LogP contribution >= 0.6 is 12.4 Å². The Morgan fingerprint density at radius 1 is 1.20 bits per heavy atom. The molecule has 0 aliphatic rings. The van der Waals surface area contributed by atoms with E-state index in [-0.39, 0.29) is 24.2 Å². The Bertz CT molecular complexity index is 419. The molecule has 0 fully saturated rings. The fraction of sp³-hybridized carbons (Fsp3) is 0.312. The number of nitrogen functional groups attached to an aromatic ring is 1. The van der Waals surface area contributed by atoms with Crippen LogP contribution in [0.2, 0.25) is 0 Å². The van der Waals surface area contributed by atoms with Crippen molar-refractivity contribution >= 4 is 24.0 Å². The lowest BCUT2D eigenvalue weighted by Crippen LogP contribution is -2.31. The quantitative estimate of drug-likeness (QED) is 0.572. The number of carbonyl (C=O) groups is 1.